The van der Waals surface area contributed by atoms with Crippen molar-refractivity contribution in [3.63, 3.8) is 0 Å². The first-order chi connectivity index (χ1) is 17.5. The molecule has 0 saturated carbocycles. The molecule has 2 aliphatic rings. The van der Waals surface area contributed by atoms with E-state index in [1.165, 1.54) is 6.08 Å². The number of hydrogen-bond acceptors (Lipinski definition) is 7. The lowest BCUT2D eigenvalue weighted by molar-refractivity contribution is -0.276. The predicted molar refractivity (Wildman–Crippen MR) is 135 cm³/mol. The lowest BCUT2D eigenvalue weighted by Crippen LogP contribution is -2.44. The first-order valence-corrected chi connectivity index (χ1v) is 12.5. The minimum absolute atomic E-state index is 0.000187. The number of aliphatic hydroxyl groups is 2. The zero-order valence-corrected chi connectivity index (χ0v) is 20.7. The van der Waals surface area contributed by atoms with E-state index in [-0.39, 0.29) is 37.4 Å². The highest BCUT2D eigenvalue weighted by Gasteiger charge is 2.39. The Morgan fingerprint density at radius 1 is 1.14 bits per heavy atom. The summed E-state index contributed by atoms with van der Waals surface area (Å²) < 4.78 is 17.9. The van der Waals surface area contributed by atoms with E-state index in [0.29, 0.717) is 13.1 Å². The lowest BCUT2D eigenvalue weighted by atomic mass is 9.90. The topological polar surface area (TPSA) is 100 Å². The zero-order chi connectivity index (χ0) is 25.5. The van der Waals surface area contributed by atoms with Crippen molar-refractivity contribution in [2.24, 2.45) is 5.92 Å². The highest BCUT2D eigenvalue weighted by atomic mass is 16.7. The van der Waals surface area contributed by atoms with Gasteiger partial charge in [-0.25, -0.2) is 4.79 Å². The van der Waals surface area contributed by atoms with E-state index in [1.807, 2.05) is 48.5 Å². The molecule has 0 bridgehead atoms. The number of rotatable bonds is 9. The van der Waals surface area contributed by atoms with Gasteiger partial charge in [-0.1, -0.05) is 68.1 Å². The number of nitrogens with zero attached hydrogens (tertiary/aromatic N) is 1. The Hall–Kier alpha value is -2.75. The van der Waals surface area contributed by atoms with E-state index in [0.717, 1.165) is 41.8 Å². The molecule has 3 N–H and O–H groups in total. The summed E-state index contributed by atoms with van der Waals surface area (Å²) in [7, 11) is 0. The fourth-order valence-electron chi connectivity index (χ4n) is 4.71. The Balaban J connectivity index is 1.48. The lowest BCUT2D eigenvalue weighted by Gasteiger charge is -2.42. The van der Waals surface area contributed by atoms with E-state index in [9.17, 15) is 15.0 Å². The Morgan fingerprint density at radius 2 is 1.83 bits per heavy atom. The molecule has 0 radical (unpaired) electrons. The minimum atomic E-state index is -0.555. The number of carbonyl (C=O) groups excluding carboxylic acids is 1. The van der Waals surface area contributed by atoms with Gasteiger partial charge < -0.3 is 29.7 Å². The van der Waals surface area contributed by atoms with E-state index >= 15 is 0 Å². The van der Waals surface area contributed by atoms with Gasteiger partial charge in [0.05, 0.1) is 24.9 Å². The molecule has 8 nitrogen and oxygen atoms in total. The van der Waals surface area contributed by atoms with Gasteiger partial charge in [-0.3, -0.25) is 4.90 Å². The van der Waals surface area contributed by atoms with Crippen LogP contribution in [-0.2, 0) is 27.4 Å². The maximum atomic E-state index is 11.7. The van der Waals surface area contributed by atoms with E-state index in [1.54, 1.807) is 0 Å². The van der Waals surface area contributed by atoms with E-state index < -0.39 is 12.4 Å². The molecule has 0 unspecified atom stereocenters. The third-order valence-electron chi connectivity index (χ3n) is 6.83. The van der Waals surface area contributed by atoms with Crippen LogP contribution in [0.2, 0.25) is 0 Å². The number of likely N-dealkylation sites (tertiary alicyclic amines) is 1. The van der Waals surface area contributed by atoms with Crippen LogP contribution >= 0.6 is 0 Å². The standard InChI is InChI=1S/C28H36N2O6/c1-3-14-34-28(33)29-15-20-4-10-23(11-5-20)27-35-25(17-30-13-12-24(32)16-30)19(2)26(36-27)22-8-6-21(18-31)7-9-22/h3-11,19,24-27,31-32H,1,12-18H2,2H3,(H,29,33)/t19-,24-,25+,26+,27+/m0/s1. The van der Waals surface area contributed by atoms with Crippen molar-refractivity contribution in [3.8, 4) is 0 Å². The molecule has 4 rings (SSSR count). The number of hydrogen-bond donors (Lipinski definition) is 3. The Morgan fingerprint density at radius 3 is 2.47 bits per heavy atom. The molecular formula is C28H36N2O6. The van der Waals surface area contributed by atoms with Crippen LogP contribution in [0.4, 0.5) is 4.79 Å². The number of amides is 1. The van der Waals surface area contributed by atoms with Gasteiger partial charge in [0.2, 0.25) is 0 Å². The summed E-state index contributed by atoms with van der Waals surface area (Å²) in [6.07, 6.45) is 0.703. The van der Waals surface area contributed by atoms with Crippen LogP contribution in [0, 0.1) is 5.92 Å². The van der Waals surface area contributed by atoms with Gasteiger partial charge in [0.25, 0.3) is 0 Å². The molecule has 2 aliphatic heterocycles. The van der Waals surface area contributed by atoms with Crippen LogP contribution in [0.1, 0.15) is 48.0 Å². The van der Waals surface area contributed by atoms with Crippen LogP contribution in [0.3, 0.4) is 0 Å². The van der Waals surface area contributed by atoms with Crippen LogP contribution in [0.15, 0.2) is 61.2 Å². The van der Waals surface area contributed by atoms with Crippen molar-refractivity contribution < 1.29 is 29.2 Å². The van der Waals surface area contributed by atoms with E-state index in [4.69, 9.17) is 14.2 Å². The van der Waals surface area contributed by atoms with Crippen molar-refractivity contribution in [3.05, 3.63) is 83.4 Å². The second kappa shape index (κ2) is 12.5. The highest BCUT2D eigenvalue weighted by molar-refractivity contribution is 5.67. The van der Waals surface area contributed by atoms with Crippen molar-refractivity contribution >= 4 is 6.09 Å². The van der Waals surface area contributed by atoms with Crippen molar-refractivity contribution in [1.82, 2.24) is 10.2 Å². The predicted octanol–water partition coefficient (Wildman–Crippen LogP) is 3.45. The summed E-state index contributed by atoms with van der Waals surface area (Å²) in [6, 6.07) is 15.6. The quantitative estimate of drug-likeness (QED) is 0.457. The van der Waals surface area contributed by atoms with Crippen LogP contribution < -0.4 is 5.32 Å². The molecule has 36 heavy (non-hydrogen) atoms. The molecule has 1 amide bonds. The molecule has 0 aliphatic carbocycles. The number of ether oxygens (including phenoxy) is 3. The normalized spacial score (nSPS) is 26.5. The number of β-amino-alcohol motifs (C(OH)–C–C–N with tert-alkyl or cyclic N) is 1. The number of aliphatic hydroxyl groups excluding tert-OH is 2. The molecule has 8 heteroatoms. The van der Waals surface area contributed by atoms with Gasteiger partial charge in [0, 0.05) is 37.7 Å². The van der Waals surface area contributed by atoms with Crippen molar-refractivity contribution in [2.75, 3.05) is 26.2 Å². The molecule has 0 spiro atoms. The molecule has 2 fully saturated rings. The number of carbonyl (C=O) groups is 1. The summed E-state index contributed by atoms with van der Waals surface area (Å²) in [5.74, 6) is 0.0871. The van der Waals surface area contributed by atoms with Crippen LogP contribution in [0.5, 0.6) is 0 Å². The van der Waals surface area contributed by atoms with Gasteiger partial charge in [-0.05, 0) is 23.1 Å². The summed E-state index contributed by atoms with van der Waals surface area (Å²) in [5, 5.41) is 22.1. The smallest absolute Gasteiger partial charge is 0.407 e. The second-order valence-corrected chi connectivity index (χ2v) is 9.51. The monoisotopic (exact) mass is 496 g/mol. The van der Waals surface area contributed by atoms with Gasteiger partial charge in [-0.15, -0.1) is 0 Å². The fraction of sp³-hybridized carbons (Fsp3) is 0.464. The Labute approximate surface area is 212 Å². The maximum absolute atomic E-state index is 11.7. The van der Waals surface area contributed by atoms with Crippen molar-refractivity contribution in [2.45, 2.75) is 51.1 Å². The largest absolute Gasteiger partial charge is 0.445 e. The SMILES string of the molecule is C=CCOC(=O)NCc1ccc([C@@H]2O[C@H](CN3CC[C@H](O)C3)[C@H](C)[C@H](c3ccc(CO)cc3)O2)cc1. The molecule has 2 heterocycles. The molecule has 2 aromatic rings. The molecule has 0 aromatic heterocycles. The highest BCUT2D eigenvalue weighted by Crippen LogP contribution is 2.42. The minimum Gasteiger partial charge on any atom is -0.445 e. The maximum Gasteiger partial charge on any atom is 0.407 e. The Bertz CT molecular complexity index is 996. The van der Waals surface area contributed by atoms with Crippen LogP contribution in [-0.4, -0.2) is 59.7 Å². The van der Waals surface area contributed by atoms with Gasteiger partial charge in [0.15, 0.2) is 6.29 Å². The number of nitrogens with one attached hydrogen (secondary N) is 1. The first-order valence-electron chi connectivity index (χ1n) is 12.5. The van der Waals surface area contributed by atoms with Crippen molar-refractivity contribution in [1.29, 1.82) is 0 Å². The zero-order valence-electron chi connectivity index (χ0n) is 20.7. The second-order valence-electron chi connectivity index (χ2n) is 9.51. The molecule has 2 saturated heterocycles. The molecular weight excluding hydrogens is 460 g/mol. The summed E-state index contributed by atoms with van der Waals surface area (Å²) in [6.45, 7) is 8.41. The van der Waals surface area contributed by atoms with E-state index in [2.05, 4.69) is 23.7 Å². The fourth-order valence-corrected chi connectivity index (χ4v) is 4.71. The summed E-state index contributed by atoms with van der Waals surface area (Å²) in [5.41, 5.74) is 3.72. The average Bonchev–Trinajstić information content (AvgIpc) is 3.32. The molecule has 5 atom stereocenters. The third kappa shape index (κ3) is 6.72. The van der Waals surface area contributed by atoms with Gasteiger partial charge >= 0.3 is 6.09 Å². The third-order valence-corrected chi connectivity index (χ3v) is 6.83. The van der Waals surface area contributed by atoms with Crippen LogP contribution in [0.25, 0.3) is 0 Å². The summed E-state index contributed by atoms with van der Waals surface area (Å²) >= 11 is 0. The number of benzene rings is 2. The number of alkyl carbamates (subject to hydrolysis) is 1. The molecule has 2 aromatic carbocycles. The Kier molecular flexibility index (Phi) is 9.12. The summed E-state index contributed by atoms with van der Waals surface area (Å²) in [4.78, 5) is 13.9. The van der Waals surface area contributed by atoms with Gasteiger partial charge in [-0.2, -0.15) is 0 Å². The van der Waals surface area contributed by atoms with Gasteiger partial charge in [0.1, 0.15) is 6.61 Å². The first kappa shape index (κ1) is 26.3. The average molecular weight is 497 g/mol. The molecule has 194 valence electrons.